The largest absolute Gasteiger partial charge is 0.489 e. The first-order chi connectivity index (χ1) is 12.0. The molecule has 2 heterocycles. The highest BCUT2D eigenvalue weighted by Crippen LogP contribution is 2.24. The Kier molecular flexibility index (Phi) is 4.92. The fourth-order valence-corrected chi connectivity index (χ4v) is 2.21. The van der Waals surface area contributed by atoms with Gasteiger partial charge in [0.25, 0.3) is 11.8 Å². The van der Waals surface area contributed by atoms with E-state index in [2.05, 4.69) is 20.6 Å². The number of amides is 2. The van der Waals surface area contributed by atoms with Crippen molar-refractivity contribution < 1.29 is 14.3 Å². The average molecular weight is 340 g/mol. The van der Waals surface area contributed by atoms with Crippen LogP contribution in [0.5, 0.6) is 5.75 Å². The van der Waals surface area contributed by atoms with Crippen molar-refractivity contribution in [3.63, 3.8) is 0 Å². The summed E-state index contributed by atoms with van der Waals surface area (Å²) < 4.78 is 5.66. The number of nitrogens with zero attached hydrogens (tertiary/aromatic N) is 2. The summed E-state index contributed by atoms with van der Waals surface area (Å²) in [7, 11) is 0. The predicted octanol–water partition coefficient (Wildman–Crippen LogP) is 2.41. The van der Waals surface area contributed by atoms with E-state index in [0.29, 0.717) is 17.0 Å². The first kappa shape index (κ1) is 16.9. The molecule has 2 aromatic heterocycles. The number of hydrogen-bond acceptors (Lipinski definition) is 5. The standard InChI is InChI=1S/C18H20N4O3/c1-11(2)25-16-6-7-19-10-15(16)22-17(23)12-5-8-20-14(9-12)18(24)21-13-3-4-13/h5-11,13H,3-4H2,1-2H3,(H,21,24)(H,22,23). The molecule has 0 unspecified atom stereocenters. The van der Waals surface area contributed by atoms with Crippen molar-refractivity contribution >= 4 is 17.5 Å². The Balaban J connectivity index is 1.74. The van der Waals surface area contributed by atoms with Gasteiger partial charge in [0.05, 0.1) is 12.3 Å². The van der Waals surface area contributed by atoms with Gasteiger partial charge in [-0.2, -0.15) is 0 Å². The number of rotatable bonds is 6. The quantitative estimate of drug-likeness (QED) is 0.842. The highest BCUT2D eigenvalue weighted by atomic mass is 16.5. The molecule has 2 amide bonds. The van der Waals surface area contributed by atoms with E-state index in [1.165, 1.54) is 18.5 Å². The molecule has 1 saturated carbocycles. The summed E-state index contributed by atoms with van der Waals surface area (Å²) in [4.78, 5) is 32.6. The predicted molar refractivity (Wildman–Crippen MR) is 92.7 cm³/mol. The van der Waals surface area contributed by atoms with Crippen molar-refractivity contribution in [2.24, 2.45) is 0 Å². The molecule has 0 aliphatic heterocycles. The Hall–Kier alpha value is -2.96. The second-order valence-corrected chi connectivity index (χ2v) is 6.17. The van der Waals surface area contributed by atoms with Gasteiger partial charge in [-0.25, -0.2) is 0 Å². The van der Waals surface area contributed by atoms with Crippen LogP contribution in [-0.2, 0) is 0 Å². The van der Waals surface area contributed by atoms with Crippen LogP contribution >= 0.6 is 0 Å². The van der Waals surface area contributed by atoms with Crippen LogP contribution in [0, 0.1) is 0 Å². The minimum absolute atomic E-state index is 0.0308. The van der Waals surface area contributed by atoms with Gasteiger partial charge in [-0.3, -0.25) is 19.6 Å². The molecular weight excluding hydrogens is 320 g/mol. The van der Waals surface area contributed by atoms with Crippen molar-refractivity contribution in [3.05, 3.63) is 48.0 Å². The molecule has 2 N–H and O–H groups in total. The van der Waals surface area contributed by atoms with Gasteiger partial charge in [-0.05, 0) is 38.8 Å². The van der Waals surface area contributed by atoms with Crippen molar-refractivity contribution in [3.8, 4) is 5.75 Å². The first-order valence-corrected chi connectivity index (χ1v) is 8.22. The molecule has 1 fully saturated rings. The molecule has 130 valence electrons. The van der Waals surface area contributed by atoms with E-state index in [-0.39, 0.29) is 29.7 Å². The van der Waals surface area contributed by atoms with Crippen LogP contribution in [0.2, 0.25) is 0 Å². The zero-order chi connectivity index (χ0) is 17.8. The van der Waals surface area contributed by atoms with E-state index in [9.17, 15) is 9.59 Å². The molecule has 7 heteroatoms. The van der Waals surface area contributed by atoms with Gasteiger partial charge >= 0.3 is 0 Å². The third kappa shape index (κ3) is 4.53. The zero-order valence-corrected chi connectivity index (χ0v) is 14.2. The Bertz CT molecular complexity index is 787. The summed E-state index contributed by atoms with van der Waals surface area (Å²) in [5.41, 5.74) is 1.04. The molecule has 0 bridgehead atoms. The summed E-state index contributed by atoms with van der Waals surface area (Å²) in [6.45, 7) is 3.80. The number of carbonyl (C=O) groups excluding carboxylic acids is 2. The summed E-state index contributed by atoms with van der Waals surface area (Å²) in [5.74, 6) is -0.0778. The molecule has 7 nitrogen and oxygen atoms in total. The number of carbonyl (C=O) groups is 2. The SMILES string of the molecule is CC(C)Oc1ccncc1NC(=O)c1ccnc(C(=O)NC2CC2)c1. The third-order valence-corrected chi connectivity index (χ3v) is 3.56. The van der Waals surface area contributed by atoms with E-state index >= 15 is 0 Å². The fourth-order valence-electron chi connectivity index (χ4n) is 2.21. The Morgan fingerprint density at radius 2 is 2.00 bits per heavy atom. The molecule has 2 aromatic rings. The molecule has 0 aromatic carbocycles. The van der Waals surface area contributed by atoms with Gasteiger partial charge < -0.3 is 15.4 Å². The maximum Gasteiger partial charge on any atom is 0.270 e. The van der Waals surface area contributed by atoms with Gasteiger partial charge in [0, 0.05) is 30.1 Å². The zero-order valence-electron chi connectivity index (χ0n) is 14.2. The molecule has 3 rings (SSSR count). The summed E-state index contributed by atoms with van der Waals surface area (Å²) in [6, 6.07) is 4.96. The number of ether oxygens (including phenoxy) is 1. The second kappa shape index (κ2) is 7.29. The van der Waals surface area contributed by atoms with E-state index in [1.54, 1.807) is 18.3 Å². The van der Waals surface area contributed by atoms with Crippen LogP contribution in [0.1, 0.15) is 47.5 Å². The maximum atomic E-state index is 12.5. The summed E-state index contributed by atoms with van der Waals surface area (Å²) in [5, 5.41) is 5.62. The van der Waals surface area contributed by atoms with E-state index in [4.69, 9.17) is 4.74 Å². The number of nitrogens with one attached hydrogen (secondary N) is 2. The molecule has 1 aliphatic carbocycles. The van der Waals surface area contributed by atoms with Crippen LogP contribution in [0.15, 0.2) is 36.8 Å². The average Bonchev–Trinajstić information content (AvgIpc) is 3.40. The highest BCUT2D eigenvalue weighted by molar-refractivity contribution is 6.06. The Morgan fingerprint density at radius 3 is 2.72 bits per heavy atom. The van der Waals surface area contributed by atoms with Crippen LogP contribution in [-0.4, -0.2) is 33.9 Å². The van der Waals surface area contributed by atoms with E-state index < -0.39 is 0 Å². The normalized spacial score (nSPS) is 13.4. The smallest absolute Gasteiger partial charge is 0.270 e. The van der Waals surface area contributed by atoms with Gasteiger partial charge in [-0.1, -0.05) is 0 Å². The molecule has 25 heavy (non-hydrogen) atoms. The number of aromatic nitrogens is 2. The molecule has 0 saturated heterocycles. The number of pyridine rings is 2. The lowest BCUT2D eigenvalue weighted by Gasteiger charge is -2.14. The van der Waals surface area contributed by atoms with Gasteiger partial charge in [-0.15, -0.1) is 0 Å². The first-order valence-electron chi connectivity index (χ1n) is 8.22. The molecule has 0 atom stereocenters. The van der Waals surface area contributed by atoms with Gasteiger partial charge in [0.1, 0.15) is 17.1 Å². The van der Waals surface area contributed by atoms with Gasteiger partial charge in [0.2, 0.25) is 0 Å². The van der Waals surface area contributed by atoms with Crippen LogP contribution in [0.4, 0.5) is 5.69 Å². The Labute approximate surface area is 145 Å². The summed E-state index contributed by atoms with van der Waals surface area (Å²) in [6.07, 6.45) is 6.52. The van der Waals surface area contributed by atoms with Crippen LogP contribution in [0.3, 0.4) is 0 Å². The minimum atomic E-state index is -0.357. The monoisotopic (exact) mass is 340 g/mol. The molecule has 1 aliphatic rings. The number of anilines is 1. The van der Waals surface area contributed by atoms with Crippen LogP contribution in [0.25, 0.3) is 0 Å². The topological polar surface area (TPSA) is 93.2 Å². The lowest BCUT2D eigenvalue weighted by Crippen LogP contribution is -2.26. The molecular formula is C18H20N4O3. The van der Waals surface area contributed by atoms with Crippen molar-refractivity contribution in [1.29, 1.82) is 0 Å². The molecule has 0 radical (unpaired) electrons. The van der Waals surface area contributed by atoms with Crippen molar-refractivity contribution in [2.75, 3.05) is 5.32 Å². The molecule has 0 spiro atoms. The van der Waals surface area contributed by atoms with E-state index in [0.717, 1.165) is 12.8 Å². The third-order valence-electron chi connectivity index (χ3n) is 3.56. The second-order valence-electron chi connectivity index (χ2n) is 6.17. The maximum absolute atomic E-state index is 12.5. The fraction of sp³-hybridized carbons (Fsp3) is 0.333. The van der Waals surface area contributed by atoms with E-state index in [1.807, 2.05) is 13.8 Å². The minimum Gasteiger partial charge on any atom is -0.489 e. The van der Waals surface area contributed by atoms with Crippen molar-refractivity contribution in [1.82, 2.24) is 15.3 Å². The Morgan fingerprint density at radius 1 is 1.20 bits per heavy atom. The lowest BCUT2D eigenvalue weighted by atomic mass is 10.2. The van der Waals surface area contributed by atoms with Crippen molar-refractivity contribution in [2.45, 2.75) is 38.8 Å². The van der Waals surface area contributed by atoms with Gasteiger partial charge in [0.15, 0.2) is 0 Å². The highest BCUT2D eigenvalue weighted by Gasteiger charge is 2.24. The van der Waals surface area contributed by atoms with Crippen LogP contribution < -0.4 is 15.4 Å². The summed E-state index contributed by atoms with van der Waals surface area (Å²) >= 11 is 0. The number of hydrogen-bond donors (Lipinski definition) is 2. The lowest BCUT2D eigenvalue weighted by molar-refractivity contribution is 0.0946.